The Balaban J connectivity index is 3.32. The minimum absolute atomic E-state index is 0.0654. The van der Waals surface area contributed by atoms with Gasteiger partial charge in [-0.05, 0) is 27.7 Å². The van der Waals surface area contributed by atoms with Crippen LogP contribution in [0.15, 0.2) is 0 Å². The van der Waals surface area contributed by atoms with E-state index in [1.54, 1.807) is 20.8 Å². The minimum atomic E-state index is -0.520. The second-order valence-electron chi connectivity index (χ2n) is 6.20. The summed E-state index contributed by atoms with van der Waals surface area (Å²) in [7, 11) is 0. The second-order valence-corrected chi connectivity index (χ2v) is 6.20. The number of ether oxygens (including phenoxy) is 4. The molecular formula is C16H30N2O7. The van der Waals surface area contributed by atoms with Crippen molar-refractivity contribution in [2.45, 2.75) is 33.3 Å². The first-order chi connectivity index (χ1) is 11.7. The fourth-order valence-corrected chi connectivity index (χ4v) is 1.46. The molecule has 0 heterocycles. The molecule has 0 aromatic carbocycles. The van der Waals surface area contributed by atoms with Crippen molar-refractivity contribution in [2.75, 3.05) is 52.7 Å². The van der Waals surface area contributed by atoms with Crippen LogP contribution in [-0.2, 0) is 28.5 Å². The predicted octanol–water partition coefficient (Wildman–Crippen LogP) is 0.266. The fourth-order valence-electron chi connectivity index (χ4n) is 1.46. The molecule has 0 saturated carbocycles. The zero-order chi connectivity index (χ0) is 19.1. The summed E-state index contributed by atoms with van der Waals surface area (Å²) in [4.78, 5) is 33.3. The van der Waals surface area contributed by atoms with Gasteiger partial charge >= 0.3 is 6.09 Å². The molecule has 9 heteroatoms. The average Bonchev–Trinajstić information content (AvgIpc) is 2.47. The molecule has 0 bridgehead atoms. The molecule has 146 valence electrons. The van der Waals surface area contributed by atoms with Crippen LogP contribution in [0, 0.1) is 0 Å². The Bertz CT molecular complexity index is 408. The van der Waals surface area contributed by atoms with Gasteiger partial charge in [-0.1, -0.05) is 0 Å². The van der Waals surface area contributed by atoms with Gasteiger partial charge in [0.25, 0.3) is 0 Å². The van der Waals surface area contributed by atoms with E-state index in [0.717, 1.165) is 0 Å². The molecule has 0 aromatic rings. The van der Waals surface area contributed by atoms with Crippen molar-refractivity contribution in [3.63, 3.8) is 0 Å². The summed E-state index contributed by atoms with van der Waals surface area (Å²) in [6.45, 7) is 8.72. The summed E-state index contributed by atoms with van der Waals surface area (Å²) >= 11 is 0. The van der Waals surface area contributed by atoms with Gasteiger partial charge < -0.3 is 29.6 Å². The number of Topliss-reactive ketones (excluding diaryl/α,β-unsaturated/α-hetero) is 1. The Morgan fingerprint density at radius 2 is 1.36 bits per heavy atom. The monoisotopic (exact) mass is 362 g/mol. The number of hydrogen-bond donors (Lipinski definition) is 2. The van der Waals surface area contributed by atoms with Crippen LogP contribution in [0.5, 0.6) is 0 Å². The highest BCUT2D eigenvalue weighted by molar-refractivity contribution is 5.79. The zero-order valence-corrected chi connectivity index (χ0v) is 15.5. The molecule has 0 fully saturated rings. The third-order valence-electron chi connectivity index (χ3n) is 2.39. The van der Waals surface area contributed by atoms with E-state index in [2.05, 4.69) is 10.6 Å². The Morgan fingerprint density at radius 3 is 1.88 bits per heavy atom. The Labute approximate surface area is 148 Å². The van der Waals surface area contributed by atoms with Crippen LogP contribution in [-0.4, -0.2) is 76.1 Å². The third kappa shape index (κ3) is 18.5. The molecule has 0 aliphatic heterocycles. The first kappa shape index (κ1) is 23.3. The van der Waals surface area contributed by atoms with E-state index in [1.165, 1.54) is 6.92 Å². The van der Waals surface area contributed by atoms with Crippen LogP contribution < -0.4 is 10.6 Å². The van der Waals surface area contributed by atoms with Crippen LogP contribution in [0.25, 0.3) is 0 Å². The SMILES string of the molecule is CC(=O)COCC(=O)NCCOCCOCCNC(=O)OC(C)(C)C. The van der Waals surface area contributed by atoms with Crippen molar-refractivity contribution in [3.8, 4) is 0 Å². The maximum absolute atomic E-state index is 11.3. The van der Waals surface area contributed by atoms with Gasteiger partial charge in [-0.2, -0.15) is 0 Å². The molecule has 0 radical (unpaired) electrons. The Morgan fingerprint density at radius 1 is 0.800 bits per heavy atom. The number of ketones is 1. The highest BCUT2D eigenvalue weighted by atomic mass is 16.6. The molecule has 0 aromatic heterocycles. The van der Waals surface area contributed by atoms with Crippen LogP contribution in [0.3, 0.4) is 0 Å². The van der Waals surface area contributed by atoms with E-state index < -0.39 is 11.7 Å². The van der Waals surface area contributed by atoms with E-state index in [9.17, 15) is 14.4 Å². The van der Waals surface area contributed by atoms with E-state index in [0.29, 0.717) is 39.5 Å². The Kier molecular flexibility index (Phi) is 12.6. The number of carbonyl (C=O) groups is 3. The number of carbonyl (C=O) groups excluding carboxylic acids is 3. The molecule has 0 unspecified atom stereocenters. The van der Waals surface area contributed by atoms with Crippen molar-refractivity contribution < 1.29 is 33.3 Å². The first-order valence-electron chi connectivity index (χ1n) is 8.17. The number of alkyl carbamates (subject to hydrolysis) is 1. The van der Waals surface area contributed by atoms with E-state index >= 15 is 0 Å². The van der Waals surface area contributed by atoms with Gasteiger partial charge in [0.1, 0.15) is 18.8 Å². The summed E-state index contributed by atoms with van der Waals surface area (Å²) < 4.78 is 20.5. The van der Waals surface area contributed by atoms with Crippen LogP contribution in [0.2, 0.25) is 0 Å². The van der Waals surface area contributed by atoms with E-state index in [-0.39, 0.29) is 24.9 Å². The number of hydrogen-bond acceptors (Lipinski definition) is 7. The van der Waals surface area contributed by atoms with Gasteiger partial charge in [0, 0.05) is 13.1 Å². The number of amides is 2. The molecule has 0 aliphatic carbocycles. The third-order valence-corrected chi connectivity index (χ3v) is 2.39. The summed E-state index contributed by atoms with van der Waals surface area (Å²) in [6.07, 6.45) is -0.477. The molecule has 2 N–H and O–H groups in total. The number of nitrogens with one attached hydrogen (secondary N) is 2. The molecule has 0 spiro atoms. The maximum Gasteiger partial charge on any atom is 0.407 e. The van der Waals surface area contributed by atoms with Crippen LogP contribution >= 0.6 is 0 Å². The van der Waals surface area contributed by atoms with E-state index in [1.807, 2.05) is 0 Å². The highest BCUT2D eigenvalue weighted by Gasteiger charge is 2.15. The molecule has 0 aliphatic rings. The zero-order valence-electron chi connectivity index (χ0n) is 15.5. The fraction of sp³-hybridized carbons (Fsp3) is 0.812. The topological polar surface area (TPSA) is 112 Å². The highest BCUT2D eigenvalue weighted by Crippen LogP contribution is 2.05. The Hall–Kier alpha value is -1.71. The lowest BCUT2D eigenvalue weighted by atomic mass is 10.2. The first-order valence-corrected chi connectivity index (χ1v) is 8.17. The van der Waals surface area contributed by atoms with Crippen molar-refractivity contribution in [2.24, 2.45) is 0 Å². The van der Waals surface area contributed by atoms with Gasteiger partial charge in [0.2, 0.25) is 5.91 Å². The summed E-state index contributed by atoms with van der Waals surface area (Å²) in [6, 6.07) is 0. The molecule has 0 saturated heterocycles. The minimum Gasteiger partial charge on any atom is -0.444 e. The summed E-state index contributed by atoms with van der Waals surface area (Å²) in [5.74, 6) is -0.424. The van der Waals surface area contributed by atoms with Gasteiger partial charge in [-0.3, -0.25) is 9.59 Å². The lowest BCUT2D eigenvalue weighted by molar-refractivity contribution is -0.129. The quantitative estimate of drug-likeness (QED) is 0.452. The lowest BCUT2D eigenvalue weighted by Crippen LogP contribution is -2.34. The molecule has 2 amide bonds. The van der Waals surface area contributed by atoms with Crippen molar-refractivity contribution in [1.82, 2.24) is 10.6 Å². The second kappa shape index (κ2) is 13.6. The molecule has 25 heavy (non-hydrogen) atoms. The molecular weight excluding hydrogens is 332 g/mol. The summed E-state index contributed by atoms with van der Waals surface area (Å²) in [5.41, 5.74) is -0.520. The molecule has 9 nitrogen and oxygen atoms in total. The molecule has 0 atom stereocenters. The number of rotatable bonds is 13. The smallest absolute Gasteiger partial charge is 0.407 e. The predicted molar refractivity (Wildman–Crippen MR) is 90.4 cm³/mol. The van der Waals surface area contributed by atoms with Crippen LogP contribution in [0.4, 0.5) is 4.79 Å². The molecule has 0 rings (SSSR count). The van der Waals surface area contributed by atoms with Gasteiger partial charge in [0.15, 0.2) is 5.78 Å². The van der Waals surface area contributed by atoms with Crippen LogP contribution in [0.1, 0.15) is 27.7 Å². The standard InChI is InChI=1S/C16H30N2O7/c1-13(19)11-24-12-14(20)17-5-7-22-9-10-23-8-6-18-15(21)25-16(2,3)4/h5-12H2,1-4H3,(H,17,20)(H,18,21). The maximum atomic E-state index is 11.3. The summed E-state index contributed by atoms with van der Waals surface area (Å²) in [5, 5.41) is 5.18. The van der Waals surface area contributed by atoms with Crippen molar-refractivity contribution in [1.29, 1.82) is 0 Å². The van der Waals surface area contributed by atoms with E-state index in [4.69, 9.17) is 18.9 Å². The average molecular weight is 362 g/mol. The van der Waals surface area contributed by atoms with Gasteiger partial charge in [-0.15, -0.1) is 0 Å². The largest absolute Gasteiger partial charge is 0.444 e. The lowest BCUT2D eigenvalue weighted by Gasteiger charge is -2.19. The van der Waals surface area contributed by atoms with Crippen molar-refractivity contribution in [3.05, 3.63) is 0 Å². The van der Waals surface area contributed by atoms with Gasteiger partial charge in [0.05, 0.1) is 26.4 Å². The van der Waals surface area contributed by atoms with Crippen molar-refractivity contribution >= 4 is 17.8 Å². The van der Waals surface area contributed by atoms with Gasteiger partial charge in [-0.25, -0.2) is 4.79 Å². The normalized spacial score (nSPS) is 11.0.